The molecule has 1 aromatic rings. The summed E-state index contributed by atoms with van der Waals surface area (Å²) in [6, 6.07) is 8.76. The van der Waals surface area contributed by atoms with Gasteiger partial charge in [0.15, 0.2) is 0 Å². The first-order chi connectivity index (χ1) is 8.13. The van der Waals surface area contributed by atoms with Gasteiger partial charge in [0.2, 0.25) is 0 Å². The van der Waals surface area contributed by atoms with E-state index in [2.05, 4.69) is 44.2 Å². The Hall–Kier alpha value is -1.14. The molecule has 0 N–H and O–H groups in total. The minimum atomic E-state index is 0.485. The fourth-order valence-corrected chi connectivity index (χ4v) is 2.76. The summed E-state index contributed by atoms with van der Waals surface area (Å²) in [6.45, 7) is 4.26. The van der Waals surface area contributed by atoms with E-state index in [4.69, 9.17) is 5.26 Å². The zero-order valence-corrected chi connectivity index (χ0v) is 11.8. The van der Waals surface area contributed by atoms with Gasteiger partial charge in [-0.25, -0.2) is 0 Å². The van der Waals surface area contributed by atoms with Gasteiger partial charge in [0.1, 0.15) is 6.07 Å². The van der Waals surface area contributed by atoms with Crippen LogP contribution in [0.2, 0.25) is 0 Å². The van der Waals surface area contributed by atoms with Gasteiger partial charge in [-0.1, -0.05) is 13.0 Å². The Morgan fingerprint density at radius 2 is 2.18 bits per heavy atom. The summed E-state index contributed by atoms with van der Waals surface area (Å²) in [4.78, 5) is 2.24. The molecule has 17 heavy (non-hydrogen) atoms. The maximum atomic E-state index is 9.16. The molecule has 0 aliphatic carbocycles. The minimum Gasteiger partial charge on any atom is -0.370 e. The second kappa shape index (κ2) is 6.56. The molecule has 1 aromatic carbocycles. The molecule has 1 unspecified atom stereocenters. The smallest absolute Gasteiger partial charge is 0.101 e. The molecule has 0 saturated carbocycles. The molecule has 0 amide bonds. The number of benzene rings is 1. The Labute approximate surface area is 109 Å². The molecular formula is C14H20N2S. The topological polar surface area (TPSA) is 27.0 Å². The van der Waals surface area contributed by atoms with E-state index < -0.39 is 0 Å². The van der Waals surface area contributed by atoms with Crippen LogP contribution in [0.3, 0.4) is 0 Å². The van der Waals surface area contributed by atoms with Crippen LogP contribution in [0.5, 0.6) is 0 Å². The fraction of sp³-hybridized carbons (Fsp3) is 0.500. The van der Waals surface area contributed by atoms with Crippen LogP contribution in [-0.2, 0) is 0 Å². The molecule has 0 radical (unpaired) electrons. The molecule has 0 saturated heterocycles. The third-order valence-electron chi connectivity index (χ3n) is 3.03. The first-order valence-electron chi connectivity index (χ1n) is 5.86. The van der Waals surface area contributed by atoms with Crippen molar-refractivity contribution in [2.24, 2.45) is 0 Å². The highest BCUT2D eigenvalue weighted by molar-refractivity contribution is 7.98. The Bertz CT molecular complexity index is 409. The van der Waals surface area contributed by atoms with E-state index >= 15 is 0 Å². The number of nitrogens with zero attached hydrogens (tertiary/aromatic N) is 2. The molecule has 0 bridgehead atoms. The lowest BCUT2D eigenvalue weighted by atomic mass is 10.1. The highest BCUT2D eigenvalue weighted by Crippen LogP contribution is 2.24. The number of anilines is 1. The molecule has 0 heterocycles. The van der Waals surface area contributed by atoms with E-state index in [1.807, 2.05) is 23.9 Å². The standard InChI is InChI=1S/C14H20N2S/c1-5-13(10-17-4)16(3)14-8-11(2)6-7-12(14)9-15/h6-8,13H,5,10H2,1-4H3. The second-order valence-electron chi connectivity index (χ2n) is 4.26. The van der Waals surface area contributed by atoms with Crippen molar-refractivity contribution in [2.75, 3.05) is 24.0 Å². The van der Waals surface area contributed by atoms with Crippen LogP contribution >= 0.6 is 11.8 Å². The first kappa shape index (κ1) is 13.9. The van der Waals surface area contributed by atoms with E-state index in [1.165, 1.54) is 5.56 Å². The normalized spacial score (nSPS) is 11.9. The third kappa shape index (κ3) is 3.41. The van der Waals surface area contributed by atoms with Gasteiger partial charge in [0, 0.05) is 18.8 Å². The number of rotatable bonds is 5. The summed E-state index contributed by atoms with van der Waals surface area (Å²) in [5, 5.41) is 9.16. The highest BCUT2D eigenvalue weighted by Gasteiger charge is 2.15. The van der Waals surface area contributed by atoms with Gasteiger partial charge in [0.25, 0.3) is 0 Å². The molecular weight excluding hydrogens is 228 g/mol. The number of hydrogen-bond donors (Lipinski definition) is 0. The molecule has 0 fully saturated rings. The van der Waals surface area contributed by atoms with Crippen molar-refractivity contribution in [2.45, 2.75) is 26.3 Å². The lowest BCUT2D eigenvalue weighted by Gasteiger charge is -2.29. The van der Waals surface area contributed by atoms with Gasteiger partial charge >= 0.3 is 0 Å². The van der Waals surface area contributed by atoms with Crippen LogP contribution in [0.1, 0.15) is 24.5 Å². The summed E-state index contributed by atoms with van der Waals surface area (Å²) in [6.07, 6.45) is 3.22. The van der Waals surface area contributed by atoms with Gasteiger partial charge in [-0.3, -0.25) is 0 Å². The highest BCUT2D eigenvalue weighted by atomic mass is 32.2. The number of aryl methyl sites for hydroxylation is 1. The van der Waals surface area contributed by atoms with Gasteiger partial charge in [-0.2, -0.15) is 17.0 Å². The van der Waals surface area contributed by atoms with Crippen LogP contribution in [0.4, 0.5) is 5.69 Å². The van der Waals surface area contributed by atoms with Gasteiger partial charge < -0.3 is 4.90 Å². The minimum absolute atomic E-state index is 0.485. The molecule has 3 heteroatoms. The molecule has 1 atom stereocenters. The van der Waals surface area contributed by atoms with Crippen molar-refractivity contribution >= 4 is 17.4 Å². The summed E-state index contributed by atoms with van der Waals surface area (Å²) >= 11 is 1.85. The Kier molecular flexibility index (Phi) is 5.37. The number of hydrogen-bond acceptors (Lipinski definition) is 3. The molecule has 2 nitrogen and oxygen atoms in total. The average molecular weight is 248 g/mol. The van der Waals surface area contributed by atoms with Crippen molar-refractivity contribution in [3.63, 3.8) is 0 Å². The van der Waals surface area contributed by atoms with Crippen molar-refractivity contribution in [1.82, 2.24) is 0 Å². The molecule has 0 aliphatic rings. The lowest BCUT2D eigenvalue weighted by Crippen LogP contribution is -2.33. The van der Waals surface area contributed by atoms with E-state index in [9.17, 15) is 0 Å². The molecule has 0 spiro atoms. The zero-order chi connectivity index (χ0) is 12.8. The van der Waals surface area contributed by atoms with Gasteiger partial charge in [-0.15, -0.1) is 0 Å². The van der Waals surface area contributed by atoms with Crippen molar-refractivity contribution < 1.29 is 0 Å². The molecule has 92 valence electrons. The molecule has 1 rings (SSSR count). The van der Waals surface area contributed by atoms with E-state index in [0.717, 1.165) is 23.4 Å². The van der Waals surface area contributed by atoms with Crippen molar-refractivity contribution in [1.29, 1.82) is 5.26 Å². The van der Waals surface area contributed by atoms with E-state index in [0.29, 0.717) is 6.04 Å². The first-order valence-corrected chi connectivity index (χ1v) is 7.26. The van der Waals surface area contributed by atoms with Crippen LogP contribution in [0.25, 0.3) is 0 Å². The van der Waals surface area contributed by atoms with Gasteiger partial charge in [-0.05, 0) is 37.3 Å². The maximum absolute atomic E-state index is 9.16. The predicted molar refractivity (Wildman–Crippen MR) is 76.8 cm³/mol. The van der Waals surface area contributed by atoms with Crippen molar-refractivity contribution in [3.05, 3.63) is 29.3 Å². The summed E-state index contributed by atoms with van der Waals surface area (Å²) in [5.74, 6) is 1.09. The SMILES string of the molecule is CCC(CSC)N(C)c1cc(C)ccc1C#N. The predicted octanol–water partition coefficient (Wildman–Crippen LogP) is 3.44. The van der Waals surface area contributed by atoms with E-state index in [1.54, 1.807) is 0 Å². The van der Waals surface area contributed by atoms with Crippen LogP contribution < -0.4 is 4.90 Å². The quantitative estimate of drug-likeness (QED) is 0.798. The summed E-state index contributed by atoms with van der Waals surface area (Å²) in [5.41, 5.74) is 3.01. The molecule has 0 aliphatic heterocycles. The van der Waals surface area contributed by atoms with Gasteiger partial charge in [0.05, 0.1) is 11.3 Å². The third-order valence-corrected chi connectivity index (χ3v) is 3.75. The van der Waals surface area contributed by atoms with Crippen LogP contribution in [0, 0.1) is 18.3 Å². The number of thioether (sulfide) groups is 1. The van der Waals surface area contributed by atoms with Crippen LogP contribution in [0.15, 0.2) is 18.2 Å². The summed E-state index contributed by atoms with van der Waals surface area (Å²) in [7, 11) is 2.08. The van der Waals surface area contributed by atoms with E-state index in [-0.39, 0.29) is 0 Å². The Morgan fingerprint density at radius 1 is 1.47 bits per heavy atom. The largest absolute Gasteiger partial charge is 0.370 e. The van der Waals surface area contributed by atoms with Crippen LogP contribution in [-0.4, -0.2) is 25.1 Å². The summed E-state index contributed by atoms with van der Waals surface area (Å²) < 4.78 is 0. The Balaban J connectivity index is 3.05. The zero-order valence-electron chi connectivity index (χ0n) is 11.0. The van der Waals surface area contributed by atoms with Crippen molar-refractivity contribution in [3.8, 4) is 6.07 Å². The second-order valence-corrected chi connectivity index (χ2v) is 5.17. The lowest BCUT2D eigenvalue weighted by molar-refractivity contribution is 0.672. The monoisotopic (exact) mass is 248 g/mol. The molecule has 0 aromatic heterocycles. The fourth-order valence-electron chi connectivity index (χ4n) is 1.92. The number of nitriles is 1. The maximum Gasteiger partial charge on any atom is 0.101 e. The average Bonchev–Trinajstić information content (AvgIpc) is 2.35. The Morgan fingerprint density at radius 3 is 2.71 bits per heavy atom.